The average molecular weight is 463 g/mol. The fourth-order valence-corrected chi connectivity index (χ4v) is 2.96. The van der Waals surface area contributed by atoms with Gasteiger partial charge in [0.25, 0.3) is 0 Å². The molecule has 0 spiro atoms. The van der Waals surface area contributed by atoms with Crippen LogP contribution in [0.15, 0.2) is 71.8 Å². The molecule has 0 aromatic heterocycles. The van der Waals surface area contributed by atoms with E-state index in [1.165, 1.54) is 27.5 Å². The third kappa shape index (κ3) is 6.49. The normalized spacial score (nSPS) is 10.4. The highest BCUT2D eigenvalue weighted by Gasteiger charge is 2.14. The Bertz CT molecular complexity index is 1120. The van der Waals surface area contributed by atoms with E-state index in [0.717, 1.165) is 5.56 Å². The smallest absolute Gasteiger partial charge is 0.329 e. The van der Waals surface area contributed by atoms with Crippen LogP contribution in [0.5, 0.6) is 23.0 Å². The summed E-state index contributed by atoms with van der Waals surface area (Å²) in [4.78, 5) is 24.2. The molecule has 3 aromatic rings. The van der Waals surface area contributed by atoms with Gasteiger partial charge in [0.05, 0.1) is 27.5 Å². The van der Waals surface area contributed by atoms with Gasteiger partial charge in [-0.25, -0.2) is 5.43 Å². The Morgan fingerprint density at radius 2 is 1.50 bits per heavy atom. The number of nitrogens with one attached hydrogen (secondary N) is 2. The summed E-state index contributed by atoms with van der Waals surface area (Å²) in [7, 11) is 4.48. The topological polar surface area (TPSA) is 107 Å². The highest BCUT2D eigenvalue weighted by atomic mass is 16.5. The van der Waals surface area contributed by atoms with Gasteiger partial charge in [-0.2, -0.15) is 5.10 Å². The molecule has 0 aliphatic heterocycles. The van der Waals surface area contributed by atoms with Crippen molar-refractivity contribution in [2.75, 3.05) is 26.6 Å². The monoisotopic (exact) mass is 463 g/mol. The van der Waals surface area contributed by atoms with Crippen molar-refractivity contribution in [2.24, 2.45) is 5.10 Å². The van der Waals surface area contributed by atoms with E-state index < -0.39 is 11.8 Å². The summed E-state index contributed by atoms with van der Waals surface area (Å²) >= 11 is 0. The highest BCUT2D eigenvalue weighted by molar-refractivity contribution is 6.39. The number of anilines is 1. The number of ether oxygens (including phenoxy) is 4. The summed E-state index contributed by atoms with van der Waals surface area (Å²) in [5.41, 5.74) is 4.25. The van der Waals surface area contributed by atoms with Crippen LogP contribution in [0.4, 0.5) is 5.69 Å². The number of nitrogens with zero attached hydrogens (tertiary/aromatic N) is 1. The molecule has 176 valence electrons. The largest absolute Gasteiger partial charge is 0.493 e. The van der Waals surface area contributed by atoms with Crippen molar-refractivity contribution in [1.29, 1.82) is 0 Å². The SMILES string of the molecule is COc1cc(/C=N\NC(=O)C(=O)Nc2ccc(OCc3ccccc3)cc2)cc(OC)c1OC. The summed E-state index contributed by atoms with van der Waals surface area (Å²) in [5, 5.41) is 6.33. The third-order valence-electron chi connectivity index (χ3n) is 4.63. The van der Waals surface area contributed by atoms with Crippen LogP contribution < -0.4 is 29.7 Å². The van der Waals surface area contributed by atoms with Crippen molar-refractivity contribution >= 4 is 23.7 Å². The number of carbonyl (C=O) groups excluding carboxylic acids is 2. The number of rotatable bonds is 9. The number of methoxy groups -OCH3 is 3. The second-order valence-corrected chi connectivity index (χ2v) is 6.91. The molecule has 0 saturated heterocycles. The number of carbonyl (C=O) groups is 2. The maximum Gasteiger partial charge on any atom is 0.329 e. The zero-order valence-electron chi connectivity index (χ0n) is 19.0. The third-order valence-corrected chi connectivity index (χ3v) is 4.63. The van der Waals surface area contributed by atoms with E-state index >= 15 is 0 Å². The highest BCUT2D eigenvalue weighted by Crippen LogP contribution is 2.37. The van der Waals surface area contributed by atoms with Crippen molar-refractivity contribution in [1.82, 2.24) is 5.43 Å². The summed E-state index contributed by atoms with van der Waals surface area (Å²) in [5.74, 6) is 0.156. The van der Waals surface area contributed by atoms with Crippen molar-refractivity contribution in [2.45, 2.75) is 6.61 Å². The first kappa shape index (κ1) is 24.1. The molecular weight excluding hydrogens is 438 g/mol. The van der Waals surface area contributed by atoms with Gasteiger partial charge in [-0.3, -0.25) is 9.59 Å². The Labute approximate surface area is 197 Å². The number of hydrogen-bond donors (Lipinski definition) is 2. The molecule has 0 bridgehead atoms. The minimum atomic E-state index is -0.923. The van der Waals surface area contributed by atoms with Gasteiger partial charge >= 0.3 is 11.8 Å². The molecular formula is C25H25N3O6. The van der Waals surface area contributed by atoms with E-state index in [0.29, 0.717) is 40.9 Å². The molecule has 9 nitrogen and oxygen atoms in total. The van der Waals surface area contributed by atoms with Crippen LogP contribution >= 0.6 is 0 Å². The van der Waals surface area contributed by atoms with Gasteiger partial charge in [0.2, 0.25) is 5.75 Å². The van der Waals surface area contributed by atoms with Crippen LogP contribution in [0.3, 0.4) is 0 Å². The van der Waals surface area contributed by atoms with Gasteiger partial charge in [0.1, 0.15) is 12.4 Å². The lowest BCUT2D eigenvalue weighted by Crippen LogP contribution is -2.32. The fraction of sp³-hybridized carbons (Fsp3) is 0.160. The molecule has 0 fully saturated rings. The molecule has 0 heterocycles. The van der Waals surface area contributed by atoms with Gasteiger partial charge in [-0.1, -0.05) is 30.3 Å². The molecule has 0 aliphatic rings. The quantitative estimate of drug-likeness (QED) is 0.286. The first-order valence-corrected chi connectivity index (χ1v) is 10.2. The van der Waals surface area contributed by atoms with E-state index in [4.69, 9.17) is 18.9 Å². The Morgan fingerprint density at radius 1 is 0.853 bits per heavy atom. The van der Waals surface area contributed by atoms with Crippen LogP contribution in [0.2, 0.25) is 0 Å². The standard InChI is InChI=1S/C25H25N3O6/c1-31-21-13-18(14-22(32-2)23(21)33-3)15-26-28-25(30)24(29)27-19-9-11-20(12-10-19)34-16-17-7-5-4-6-8-17/h4-15H,16H2,1-3H3,(H,27,29)(H,28,30)/b26-15-. The molecule has 2 N–H and O–H groups in total. The van der Waals surface area contributed by atoms with Crippen LogP contribution in [0.25, 0.3) is 0 Å². The molecule has 0 radical (unpaired) electrons. The van der Waals surface area contributed by atoms with Gasteiger partial charge < -0.3 is 24.3 Å². The lowest BCUT2D eigenvalue weighted by Gasteiger charge is -2.12. The van der Waals surface area contributed by atoms with Crippen LogP contribution in [0.1, 0.15) is 11.1 Å². The number of benzene rings is 3. The van der Waals surface area contributed by atoms with E-state index in [-0.39, 0.29) is 0 Å². The van der Waals surface area contributed by atoms with Gasteiger partial charge in [0, 0.05) is 11.3 Å². The molecule has 0 atom stereocenters. The predicted molar refractivity (Wildman–Crippen MR) is 128 cm³/mol. The summed E-state index contributed by atoms with van der Waals surface area (Å²) < 4.78 is 21.5. The van der Waals surface area contributed by atoms with Crippen molar-refractivity contribution in [3.8, 4) is 23.0 Å². The minimum Gasteiger partial charge on any atom is -0.493 e. The van der Waals surface area contributed by atoms with Crippen LogP contribution in [-0.4, -0.2) is 39.4 Å². The molecule has 2 amide bonds. The predicted octanol–water partition coefficient (Wildman–Crippen LogP) is 3.38. The first-order chi connectivity index (χ1) is 16.5. The zero-order valence-corrected chi connectivity index (χ0v) is 19.0. The summed E-state index contributed by atoms with van der Waals surface area (Å²) in [6, 6.07) is 19.8. The molecule has 34 heavy (non-hydrogen) atoms. The van der Waals surface area contributed by atoms with Crippen molar-refractivity contribution in [3.63, 3.8) is 0 Å². The van der Waals surface area contributed by atoms with E-state index in [1.54, 1.807) is 36.4 Å². The summed E-state index contributed by atoms with van der Waals surface area (Å²) in [6.45, 7) is 0.429. The minimum absolute atomic E-state index is 0.429. The number of hydrogen-bond acceptors (Lipinski definition) is 7. The van der Waals surface area contributed by atoms with Crippen LogP contribution in [-0.2, 0) is 16.2 Å². The van der Waals surface area contributed by atoms with Crippen LogP contribution in [0, 0.1) is 0 Å². The Kier molecular flexibility index (Phi) is 8.45. The number of hydrazone groups is 1. The molecule has 0 saturated carbocycles. The van der Waals surface area contributed by atoms with Crippen molar-refractivity contribution < 1.29 is 28.5 Å². The first-order valence-electron chi connectivity index (χ1n) is 10.2. The van der Waals surface area contributed by atoms with E-state index in [2.05, 4.69) is 15.8 Å². The van der Waals surface area contributed by atoms with E-state index in [9.17, 15) is 9.59 Å². The Hall–Kier alpha value is -4.53. The number of amides is 2. The maximum atomic E-state index is 12.2. The lowest BCUT2D eigenvalue weighted by molar-refractivity contribution is -0.136. The molecule has 9 heteroatoms. The zero-order chi connectivity index (χ0) is 24.3. The molecule has 3 rings (SSSR count). The van der Waals surface area contributed by atoms with Gasteiger partial charge in [-0.05, 0) is 42.0 Å². The molecule has 3 aromatic carbocycles. The maximum absolute atomic E-state index is 12.2. The van der Waals surface area contributed by atoms with E-state index in [1.807, 2.05) is 30.3 Å². The lowest BCUT2D eigenvalue weighted by atomic mass is 10.2. The van der Waals surface area contributed by atoms with Crippen molar-refractivity contribution in [3.05, 3.63) is 77.9 Å². The Balaban J connectivity index is 1.53. The summed E-state index contributed by atoms with van der Waals surface area (Å²) in [6.07, 6.45) is 1.36. The molecule has 0 aliphatic carbocycles. The average Bonchev–Trinajstić information content (AvgIpc) is 2.88. The second-order valence-electron chi connectivity index (χ2n) is 6.91. The van der Waals surface area contributed by atoms with Gasteiger partial charge in [-0.15, -0.1) is 0 Å². The fourth-order valence-electron chi connectivity index (χ4n) is 2.96. The molecule has 0 unspecified atom stereocenters. The second kappa shape index (κ2) is 11.9. The van der Waals surface area contributed by atoms with Gasteiger partial charge in [0.15, 0.2) is 11.5 Å². The Morgan fingerprint density at radius 3 is 2.09 bits per heavy atom.